The van der Waals surface area contributed by atoms with E-state index in [4.69, 9.17) is 33.7 Å². The van der Waals surface area contributed by atoms with Crippen LogP contribution in [0.4, 0.5) is 0 Å². The fraction of sp³-hybridized carbons (Fsp3) is 0.200. The van der Waals surface area contributed by atoms with E-state index in [0.717, 1.165) is 10.0 Å². The summed E-state index contributed by atoms with van der Waals surface area (Å²) in [5.74, 6) is 0.519. The Labute approximate surface area is 137 Å². The van der Waals surface area contributed by atoms with Gasteiger partial charge in [-0.3, -0.25) is 0 Å². The van der Waals surface area contributed by atoms with E-state index in [1.165, 1.54) is 0 Å². The third-order valence-corrected chi connectivity index (χ3v) is 4.33. The molecule has 0 saturated heterocycles. The molecule has 2 atom stereocenters. The lowest BCUT2D eigenvalue weighted by atomic mass is 10.0. The maximum atomic E-state index is 6.18. The van der Waals surface area contributed by atoms with Crippen LogP contribution in [0.1, 0.15) is 18.6 Å². The van der Waals surface area contributed by atoms with Crippen LogP contribution in [-0.2, 0) is 0 Å². The fourth-order valence-corrected chi connectivity index (χ4v) is 2.69. The molecule has 20 heavy (non-hydrogen) atoms. The monoisotopic (exact) mass is 373 g/mol. The van der Waals surface area contributed by atoms with Gasteiger partial charge in [-0.25, -0.2) is 0 Å². The lowest BCUT2D eigenvalue weighted by molar-refractivity contribution is 0.180. The average molecular weight is 375 g/mol. The second-order valence-electron chi connectivity index (χ2n) is 4.50. The van der Waals surface area contributed by atoms with Gasteiger partial charge in [0, 0.05) is 16.6 Å². The van der Waals surface area contributed by atoms with Gasteiger partial charge in [-0.1, -0.05) is 53.5 Å². The number of hydrogen-bond donors (Lipinski definition) is 1. The average Bonchev–Trinajstić information content (AvgIpc) is 2.42. The fourth-order valence-electron chi connectivity index (χ4n) is 1.85. The Kier molecular flexibility index (Phi) is 5.33. The summed E-state index contributed by atoms with van der Waals surface area (Å²) in [6.45, 7) is 1.89. The molecule has 0 fully saturated rings. The molecule has 2 N–H and O–H groups in total. The maximum absolute atomic E-state index is 6.18. The van der Waals surface area contributed by atoms with Gasteiger partial charge < -0.3 is 10.5 Å². The molecular weight excluding hydrogens is 361 g/mol. The lowest BCUT2D eigenvalue weighted by Gasteiger charge is -2.23. The highest BCUT2D eigenvalue weighted by molar-refractivity contribution is 9.10. The summed E-state index contributed by atoms with van der Waals surface area (Å²) in [6, 6.07) is 13.0. The Morgan fingerprint density at radius 3 is 2.35 bits per heavy atom. The molecule has 2 unspecified atom stereocenters. The summed E-state index contributed by atoms with van der Waals surface area (Å²) in [5.41, 5.74) is 7.02. The molecule has 0 radical (unpaired) electrons. The zero-order valence-electron chi connectivity index (χ0n) is 10.8. The zero-order chi connectivity index (χ0) is 14.7. The van der Waals surface area contributed by atoms with Gasteiger partial charge in [-0.15, -0.1) is 0 Å². The van der Waals surface area contributed by atoms with E-state index < -0.39 is 0 Å². The van der Waals surface area contributed by atoms with Gasteiger partial charge in [0.15, 0.2) is 0 Å². The molecule has 2 rings (SSSR count). The van der Waals surface area contributed by atoms with Crippen molar-refractivity contribution in [2.45, 2.75) is 19.1 Å². The van der Waals surface area contributed by atoms with Crippen molar-refractivity contribution in [3.63, 3.8) is 0 Å². The third kappa shape index (κ3) is 3.67. The number of halogens is 3. The normalized spacial score (nSPS) is 13.8. The van der Waals surface area contributed by atoms with Crippen LogP contribution in [0, 0.1) is 0 Å². The molecule has 0 saturated carbocycles. The first-order valence-corrected chi connectivity index (χ1v) is 7.65. The molecule has 0 aliphatic rings. The molecule has 0 aromatic heterocycles. The molecule has 0 heterocycles. The summed E-state index contributed by atoms with van der Waals surface area (Å²) >= 11 is 15.6. The zero-order valence-corrected chi connectivity index (χ0v) is 13.9. The van der Waals surface area contributed by atoms with E-state index in [2.05, 4.69) is 15.9 Å². The molecule has 2 aromatic rings. The first-order chi connectivity index (χ1) is 9.49. The highest BCUT2D eigenvalue weighted by Gasteiger charge is 2.20. The SMILES string of the molecule is CC(N)C(Oc1cc(Cl)c(Br)cc1Cl)c1ccccc1. The quantitative estimate of drug-likeness (QED) is 0.744. The Bertz CT molecular complexity index is 590. The smallest absolute Gasteiger partial charge is 0.140 e. The standard InChI is InChI=1S/C15H14BrCl2NO/c1-9(19)15(10-5-3-2-4-6-10)20-14-8-12(17)11(16)7-13(14)18/h2-9,15H,19H2,1H3. The van der Waals surface area contributed by atoms with Gasteiger partial charge in [0.05, 0.1) is 10.0 Å². The lowest BCUT2D eigenvalue weighted by Crippen LogP contribution is -2.29. The largest absolute Gasteiger partial charge is 0.482 e. The van der Waals surface area contributed by atoms with Gasteiger partial charge in [-0.2, -0.15) is 0 Å². The molecule has 106 valence electrons. The van der Waals surface area contributed by atoms with Crippen molar-refractivity contribution in [2.24, 2.45) is 5.73 Å². The Morgan fingerprint density at radius 1 is 1.10 bits per heavy atom. The molecular formula is C15H14BrCl2NO. The molecule has 2 nitrogen and oxygen atoms in total. The Balaban J connectivity index is 2.32. The second-order valence-corrected chi connectivity index (χ2v) is 6.17. The van der Waals surface area contributed by atoms with Gasteiger partial charge in [0.2, 0.25) is 0 Å². The minimum atomic E-state index is -0.286. The maximum Gasteiger partial charge on any atom is 0.140 e. The summed E-state index contributed by atoms with van der Waals surface area (Å²) < 4.78 is 6.70. The van der Waals surface area contributed by atoms with E-state index in [-0.39, 0.29) is 12.1 Å². The van der Waals surface area contributed by atoms with Gasteiger partial charge >= 0.3 is 0 Å². The minimum Gasteiger partial charge on any atom is -0.482 e. The summed E-state index contributed by atoms with van der Waals surface area (Å²) in [6.07, 6.45) is -0.286. The van der Waals surface area contributed by atoms with E-state index in [9.17, 15) is 0 Å². The minimum absolute atomic E-state index is 0.184. The highest BCUT2D eigenvalue weighted by atomic mass is 79.9. The first-order valence-electron chi connectivity index (χ1n) is 6.10. The van der Waals surface area contributed by atoms with Crippen molar-refractivity contribution in [1.29, 1.82) is 0 Å². The van der Waals surface area contributed by atoms with Crippen molar-refractivity contribution < 1.29 is 4.74 Å². The van der Waals surface area contributed by atoms with Crippen LogP contribution in [0.25, 0.3) is 0 Å². The van der Waals surface area contributed by atoms with Gasteiger partial charge in [-0.05, 0) is 34.5 Å². The second kappa shape index (κ2) is 6.81. The first kappa shape index (κ1) is 15.6. The van der Waals surface area contributed by atoms with Crippen molar-refractivity contribution >= 4 is 39.1 Å². The predicted molar refractivity (Wildman–Crippen MR) is 87.6 cm³/mol. The number of ether oxygens (including phenoxy) is 1. The summed E-state index contributed by atoms with van der Waals surface area (Å²) in [7, 11) is 0. The van der Waals surface area contributed by atoms with Crippen molar-refractivity contribution in [1.82, 2.24) is 0 Å². The van der Waals surface area contributed by atoms with Crippen LogP contribution in [0.2, 0.25) is 10.0 Å². The van der Waals surface area contributed by atoms with Crippen molar-refractivity contribution in [3.05, 3.63) is 62.5 Å². The third-order valence-electron chi connectivity index (χ3n) is 2.83. The molecule has 0 amide bonds. The summed E-state index contributed by atoms with van der Waals surface area (Å²) in [4.78, 5) is 0. The Hall–Kier alpha value is -0.740. The van der Waals surface area contributed by atoms with Gasteiger partial charge in [0.1, 0.15) is 11.9 Å². The van der Waals surface area contributed by atoms with Gasteiger partial charge in [0.25, 0.3) is 0 Å². The molecule has 0 aliphatic carbocycles. The van der Waals surface area contributed by atoms with Crippen LogP contribution >= 0.6 is 39.1 Å². The van der Waals surface area contributed by atoms with Crippen LogP contribution in [0.3, 0.4) is 0 Å². The molecule has 0 aliphatic heterocycles. The molecule has 5 heteroatoms. The number of hydrogen-bond acceptors (Lipinski definition) is 2. The Morgan fingerprint density at radius 2 is 1.75 bits per heavy atom. The van der Waals surface area contributed by atoms with Crippen LogP contribution in [0.15, 0.2) is 46.9 Å². The van der Waals surface area contributed by atoms with E-state index in [0.29, 0.717) is 15.8 Å². The molecule has 0 bridgehead atoms. The number of benzene rings is 2. The van der Waals surface area contributed by atoms with Crippen LogP contribution in [0.5, 0.6) is 5.75 Å². The predicted octanol–water partition coefficient (Wildman–Crippen LogP) is 5.22. The topological polar surface area (TPSA) is 35.2 Å². The van der Waals surface area contributed by atoms with Crippen LogP contribution < -0.4 is 10.5 Å². The van der Waals surface area contributed by atoms with Crippen molar-refractivity contribution in [3.8, 4) is 5.75 Å². The molecule has 0 spiro atoms. The summed E-state index contributed by atoms with van der Waals surface area (Å²) in [5, 5.41) is 1.03. The van der Waals surface area contributed by atoms with E-state index >= 15 is 0 Å². The number of rotatable bonds is 4. The van der Waals surface area contributed by atoms with Crippen LogP contribution in [-0.4, -0.2) is 6.04 Å². The van der Waals surface area contributed by atoms with E-state index in [1.54, 1.807) is 12.1 Å². The molecule has 2 aromatic carbocycles. The van der Waals surface area contributed by atoms with E-state index in [1.807, 2.05) is 37.3 Å². The highest BCUT2D eigenvalue weighted by Crippen LogP contribution is 2.36. The number of nitrogens with two attached hydrogens (primary N) is 1. The van der Waals surface area contributed by atoms with Crippen molar-refractivity contribution in [2.75, 3.05) is 0 Å².